The van der Waals surface area contributed by atoms with E-state index < -0.39 is 0 Å². The molecule has 3 aromatic rings. The molecule has 2 atom stereocenters. The molecule has 3 aliphatic rings. The molecule has 6 rings (SSSR count). The highest BCUT2D eigenvalue weighted by atomic mass is 16.5. The maximum atomic E-state index is 12.7. The summed E-state index contributed by atoms with van der Waals surface area (Å²) in [4.78, 5) is 26.4. The van der Waals surface area contributed by atoms with Gasteiger partial charge in [-0.3, -0.25) is 9.69 Å². The number of ether oxygens (including phenoxy) is 2. The number of methoxy groups -OCH3 is 1. The van der Waals surface area contributed by atoms with Crippen LogP contribution in [-0.2, 0) is 22.5 Å². The van der Waals surface area contributed by atoms with E-state index in [-0.39, 0.29) is 24.4 Å². The lowest BCUT2D eigenvalue weighted by molar-refractivity contribution is -0.128. The molecule has 0 saturated carbocycles. The first-order valence-electron chi connectivity index (χ1n) is 16.6. The van der Waals surface area contributed by atoms with Crippen molar-refractivity contribution < 1.29 is 14.3 Å². The van der Waals surface area contributed by atoms with Gasteiger partial charge in [0, 0.05) is 62.5 Å². The fraction of sp³-hybridized carbons (Fsp3) is 0.459. The van der Waals surface area contributed by atoms with Crippen molar-refractivity contribution in [2.75, 3.05) is 69.4 Å². The molecule has 1 amide bonds. The van der Waals surface area contributed by atoms with Gasteiger partial charge in [0.2, 0.25) is 11.8 Å². The number of nitrogens with zero attached hydrogens (tertiary/aromatic N) is 7. The number of aromatic nitrogens is 1. The number of likely N-dealkylation sites (tertiary alicyclic amines) is 1. The van der Waals surface area contributed by atoms with E-state index in [9.17, 15) is 15.3 Å². The number of rotatable bonds is 10. The minimum atomic E-state index is -0.314. The van der Waals surface area contributed by atoms with Gasteiger partial charge in [-0.15, -0.1) is 0 Å². The van der Waals surface area contributed by atoms with Crippen LogP contribution in [0.25, 0.3) is 10.8 Å². The van der Waals surface area contributed by atoms with Crippen LogP contribution in [0, 0.1) is 29.6 Å². The van der Waals surface area contributed by atoms with Gasteiger partial charge in [-0.05, 0) is 55.8 Å². The molecule has 2 aromatic carbocycles. The van der Waals surface area contributed by atoms with E-state index in [0.29, 0.717) is 57.3 Å². The Morgan fingerprint density at radius 1 is 1.11 bits per heavy atom. The second-order valence-electron chi connectivity index (χ2n) is 12.6. The van der Waals surface area contributed by atoms with Crippen LogP contribution in [0.15, 0.2) is 49.1 Å². The fourth-order valence-electron chi connectivity index (χ4n) is 7.57. The molecule has 10 heteroatoms. The molecule has 4 heterocycles. The Morgan fingerprint density at radius 3 is 2.70 bits per heavy atom. The number of hydrogen-bond donors (Lipinski definition) is 0. The predicted molar refractivity (Wildman–Crippen MR) is 182 cm³/mol. The van der Waals surface area contributed by atoms with Crippen LogP contribution < -0.4 is 14.5 Å². The maximum absolute atomic E-state index is 12.7. The van der Waals surface area contributed by atoms with E-state index in [1.54, 1.807) is 12.0 Å². The van der Waals surface area contributed by atoms with E-state index in [4.69, 9.17) is 14.5 Å². The Morgan fingerprint density at radius 2 is 1.94 bits per heavy atom. The molecule has 0 spiro atoms. The van der Waals surface area contributed by atoms with Crippen molar-refractivity contribution in [2.45, 2.75) is 51.2 Å². The zero-order valence-corrected chi connectivity index (χ0v) is 27.5. The van der Waals surface area contributed by atoms with Crippen molar-refractivity contribution in [3.8, 4) is 18.0 Å². The summed E-state index contributed by atoms with van der Waals surface area (Å²) >= 11 is 0. The van der Waals surface area contributed by atoms with Gasteiger partial charge in [0.15, 0.2) is 0 Å². The van der Waals surface area contributed by atoms with Gasteiger partial charge in [0.05, 0.1) is 43.1 Å². The number of carbonyl (C=O) groups excluding carboxylic acids is 1. The molecule has 0 N–H and O–H groups in total. The Kier molecular flexibility index (Phi) is 9.91. The van der Waals surface area contributed by atoms with Crippen molar-refractivity contribution in [3.05, 3.63) is 71.4 Å². The van der Waals surface area contributed by atoms with Gasteiger partial charge in [-0.2, -0.15) is 10.5 Å². The molecule has 10 nitrogen and oxygen atoms in total. The fourth-order valence-corrected chi connectivity index (χ4v) is 7.57. The maximum Gasteiger partial charge on any atom is 0.246 e. The summed E-state index contributed by atoms with van der Waals surface area (Å²) in [5.74, 6) is 0.180. The minimum Gasteiger partial charge on any atom is -0.475 e. The zero-order chi connectivity index (χ0) is 32.9. The largest absolute Gasteiger partial charge is 0.475 e. The number of anilines is 2. The number of hydrogen-bond acceptors (Lipinski definition) is 9. The Balaban J connectivity index is 1.38. The molecular formula is C37H43N7O3. The molecule has 47 heavy (non-hydrogen) atoms. The van der Waals surface area contributed by atoms with E-state index >= 15 is 0 Å². The predicted octanol–water partition coefficient (Wildman–Crippen LogP) is 4.58. The summed E-state index contributed by atoms with van der Waals surface area (Å²) in [5.41, 5.74) is 5.61. The average molecular weight is 634 g/mol. The van der Waals surface area contributed by atoms with E-state index in [1.165, 1.54) is 28.1 Å². The van der Waals surface area contributed by atoms with Crippen molar-refractivity contribution in [2.24, 2.45) is 0 Å². The molecule has 2 saturated heterocycles. The summed E-state index contributed by atoms with van der Waals surface area (Å²) in [5, 5.41) is 22.7. The Labute approximate surface area is 277 Å². The van der Waals surface area contributed by atoms with Crippen LogP contribution in [0.1, 0.15) is 41.6 Å². The molecule has 244 valence electrons. The van der Waals surface area contributed by atoms with E-state index in [1.807, 2.05) is 0 Å². The molecule has 0 aliphatic carbocycles. The summed E-state index contributed by atoms with van der Waals surface area (Å²) in [6.07, 6.45) is 4.33. The van der Waals surface area contributed by atoms with Crippen molar-refractivity contribution in [3.63, 3.8) is 0 Å². The highest BCUT2D eigenvalue weighted by Gasteiger charge is 2.35. The van der Waals surface area contributed by atoms with Gasteiger partial charge in [-0.25, -0.2) is 4.98 Å². The van der Waals surface area contributed by atoms with E-state index in [0.717, 1.165) is 49.4 Å². The zero-order valence-electron chi connectivity index (χ0n) is 27.5. The molecular weight excluding hydrogens is 590 g/mol. The van der Waals surface area contributed by atoms with Gasteiger partial charge in [0.25, 0.3) is 0 Å². The number of carbonyl (C=O) groups is 1. The third kappa shape index (κ3) is 6.49. The normalized spacial score (nSPS) is 19.7. The molecule has 2 fully saturated rings. The monoisotopic (exact) mass is 633 g/mol. The van der Waals surface area contributed by atoms with E-state index in [2.05, 4.69) is 76.7 Å². The number of amides is 1. The number of nitriles is 2. The first-order valence-corrected chi connectivity index (χ1v) is 16.6. The van der Waals surface area contributed by atoms with Gasteiger partial charge < -0.3 is 24.2 Å². The molecule has 0 bridgehead atoms. The lowest BCUT2D eigenvalue weighted by Crippen LogP contribution is -2.55. The van der Waals surface area contributed by atoms with Gasteiger partial charge in [-0.1, -0.05) is 36.9 Å². The lowest BCUT2D eigenvalue weighted by atomic mass is 9.95. The number of piperazine rings is 1. The van der Waals surface area contributed by atoms with Crippen molar-refractivity contribution in [1.29, 1.82) is 10.5 Å². The molecule has 0 radical (unpaired) electrons. The van der Waals surface area contributed by atoms with Gasteiger partial charge in [0.1, 0.15) is 18.2 Å². The second kappa shape index (κ2) is 14.4. The first-order chi connectivity index (χ1) is 23.0. The Hall–Kier alpha value is -4.64. The minimum absolute atomic E-state index is 0.179. The highest BCUT2D eigenvalue weighted by Crippen LogP contribution is 2.40. The summed E-state index contributed by atoms with van der Waals surface area (Å²) in [7, 11) is 1.72. The standard InChI is InChI=1S/C37H43N7O3/c1-4-34(45)44-19-18-43(23-28(44)13-15-38)36-30-14-17-42(33-12-6-10-27-9-5-8-26(2)35(27)33)24-32(30)40-37(31(36)22-39)47-25-29-11-7-16-41(29)20-21-46-3/h4-6,8-10,12,28-29H,1,7,11,13-14,16-21,23-25H2,2-3H3/t28-,29-/m0/s1. The van der Waals surface area contributed by atoms with Crippen LogP contribution in [0.5, 0.6) is 5.88 Å². The molecule has 3 aliphatic heterocycles. The molecule has 0 unspecified atom stereocenters. The number of aryl methyl sites for hydroxylation is 1. The molecule has 1 aromatic heterocycles. The highest BCUT2D eigenvalue weighted by molar-refractivity contribution is 5.97. The van der Waals surface area contributed by atoms with Gasteiger partial charge >= 0.3 is 0 Å². The van der Waals surface area contributed by atoms with Crippen LogP contribution in [0.2, 0.25) is 0 Å². The third-order valence-electron chi connectivity index (χ3n) is 9.91. The number of fused-ring (bicyclic) bond motifs is 2. The second-order valence-corrected chi connectivity index (χ2v) is 12.6. The lowest BCUT2D eigenvalue weighted by Gasteiger charge is -2.43. The number of benzene rings is 2. The van der Waals surface area contributed by atoms with Crippen LogP contribution in [0.4, 0.5) is 11.4 Å². The van der Waals surface area contributed by atoms with Crippen LogP contribution in [0.3, 0.4) is 0 Å². The summed E-state index contributed by atoms with van der Waals surface area (Å²) < 4.78 is 11.8. The third-order valence-corrected chi connectivity index (χ3v) is 9.91. The van der Waals surface area contributed by atoms with Crippen LogP contribution in [-0.4, -0.2) is 92.4 Å². The van der Waals surface area contributed by atoms with Crippen LogP contribution >= 0.6 is 0 Å². The van der Waals surface area contributed by atoms with Crippen molar-refractivity contribution >= 4 is 28.1 Å². The summed E-state index contributed by atoms with van der Waals surface area (Å²) in [6, 6.07) is 17.5. The quantitative estimate of drug-likeness (QED) is 0.296. The summed E-state index contributed by atoms with van der Waals surface area (Å²) in [6.45, 7) is 11.5. The van der Waals surface area contributed by atoms with Crippen molar-refractivity contribution in [1.82, 2.24) is 14.8 Å². The average Bonchev–Trinajstić information content (AvgIpc) is 3.55. The smallest absolute Gasteiger partial charge is 0.246 e. The number of pyridine rings is 1. The SMILES string of the molecule is C=CC(=O)N1CCN(c2c(C#N)c(OC[C@@H]3CCCN3CCOC)nc3c2CCN(c2cccc4cccc(C)c24)C3)C[C@@H]1CC#N. The topological polar surface area (TPSA) is 109 Å². The first kappa shape index (κ1) is 32.3. The Bertz CT molecular complexity index is 1720.